The van der Waals surface area contributed by atoms with Crippen molar-refractivity contribution in [2.45, 2.75) is 77.2 Å². The van der Waals surface area contributed by atoms with E-state index in [-0.39, 0.29) is 17.6 Å². The van der Waals surface area contributed by atoms with Gasteiger partial charge >= 0.3 is 0 Å². The van der Waals surface area contributed by atoms with Gasteiger partial charge in [-0.1, -0.05) is 46.0 Å². The molecule has 1 rings (SSSR count). The van der Waals surface area contributed by atoms with Crippen LogP contribution in [0.5, 0.6) is 11.5 Å². The number of aromatic hydroxyl groups is 2. The third-order valence-corrected chi connectivity index (χ3v) is 4.04. The highest BCUT2D eigenvalue weighted by molar-refractivity contribution is 5.38. The summed E-state index contributed by atoms with van der Waals surface area (Å²) < 4.78 is 0. The molecule has 3 heteroatoms. The summed E-state index contributed by atoms with van der Waals surface area (Å²) in [5.74, 6) is 0.595. The minimum absolute atomic E-state index is 0.121. The molecule has 0 bridgehead atoms. The number of phenolic OH excluding ortho intramolecular Hbond substituents is 2. The molecule has 1 aromatic rings. The van der Waals surface area contributed by atoms with Gasteiger partial charge in [-0.05, 0) is 42.9 Å². The summed E-state index contributed by atoms with van der Waals surface area (Å²) in [6, 6.07) is 4.81. The number of unbranched alkanes of at least 4 members (excludes halogenated alkanes) is 3. The zero-order valence-corrected chi connectivity index (χ0v) is 13.4. The van der Waals surface area contributed by atoms with E-state index in [4.69, 9.17) is 0 Å². The van der Waals surface area contributed by atoms with Crippen LogP contribution in [0.25, 0.3) is 0 Å². The zero-order valence-electron chi connectivity index (χ0n) is 13.4. The largest absolute Gasteiger partial charge is 0.508 e. The maximum absolute atomic E-state index is 9.65. The first-order chi connectivity index (χ1) is 10.0. The first kappa shape index (κ1) is 17.8. The van der Waals surface area contributed by atoms with Gasteiger partial charge in [0.05, 0.1) is 6.10 Å². The van der Waals surface area contributed by atoms with Crippen LogP contribution in [0.4, 0.5) is 0 Å². The lowest BCUT2D eigenvalue weighted by atomic mass is 9.94. The van der Waals surface area contributed by atoms with Gasteiger partial charge in [-0.2, -0.15) is 0 Å². The number of benzene rings is 1. The molecule has 0 aromatic heterocycles. The van der Waals surface area contributed by atoms with E-state index in [1.54, 1.807) is 12.1 Å². The maximum atomic E-state index is 9.65. The molecule has 0 saturated heterocycles. The monoisotopic (exact) mass is 294 g/mol. The average molecular weight is 294 g/mol. The molecule has 3 N–H and O–H groups in total. The van der Waals surface area contributed by atoms with Crippen molar-refractivity contribution >= 4 is 0 Å². The molecular weight excluding hydrogens is 264 g/mol. The highest BCUT2D eigenvalue weighted by Gasteiger charge is 2.08. The first-order valence-electron chi connectivity index (χ1n) is 8.24. The molecule has 1 aromatic carbocycles. The summed E-state index contributed by atoms with van der Waals surface area (Å²) in [6.45, 7) is 4.23. The Hall–Kier alpha value is -1.22. The number of phenols is 2. The first-order valence-corrected chi connectivity index (χ1v) is 8.24. The second-order valence-corrected chi connectivity index (χ2v) is 6.12. The number of rotatable bonds is 10. The van der Waals surface area contributed by atoms with E-state index in [1.807, 2.05) is 0 Å². The molecule has 0 saturated carbocycles. The smallest absolute Gasteiger partial charge is 0.119 e. The predicted octanol–water partition coefficient (Wildman–Crippen LogP) is 4.70. The molecule has 120 valence electrons. The summed E-state index contributed by atoms with van der Waals surface area (Å²) in [6.07, 6.45) is 8.40. The Morgan fingerprint density at radius 3 is 2.00 bits per heavy atom. The van der Waals surface area contributed by atoms with E-state index in [0.717, 1.165) is 44.1 Å². The number of aliphatic hydroxyl groups is 1. The van der Waals surface area contributed by atoms with Gasteiger partial charge in [0.1, 0.15) is 11.5 Å². The predicted molar refractivity (Wildman–Crippen MR) is 86.8 cm³/mol. The fraction of sp³-hybridized carbons (Fsp3) is 0.667. The third-order valence-electron chi connectivity index (χ3n) is 4.04. The van der Waals surface area contributed by atoms with Gasteiger partial charge in [-0.15, -0.1) is 0 Å². The highest BCUT2D eigenvalue weighted by Crippen LogP contribution is 2.29. The van der Waals surface area contributed by atoms with Crippen LogP contribution >= 0.6 is 0 Å². The van der Waals surface area contributed by atoms with Crippen molar-refractivity contribution in [3.05, 3.63) is 23.8 Å². The summed E-state index contributed by atoms with van der Waals surface area (Å²) in [4.78, 5) is 0. The van der Waals surface area contributed by atoms with Gasteiger partial charge in [-0.25, -0.2) is 0 Å². The zero-order chi connectivity index (χ0) is 15.7. The Labute approximate surface area is 128 Å². The van der Waals surface area contributed by atoms with Crippen molar-refractivity contribution in [3.63, 3.8) is 0 Å². The molecule has 2 unspecified atom stereocenters. The van der Waals surface area contributed by atoms with E-state index in [9.17, 15) is 15.3 Å². The standard InChI is InChI=1S/C18H30O3/c1-3-8-16(19)10-7-5-4-6-9-14(2)15-11-17(20)13-18(21)12-15/h11-14,16,19-21H,3-10H2,1-2H3. The lowest BCUT2D eigenvalue weighted by molar-refractivity contribution is 0.150. The lowest BCUT2D eigenvalue weighted by Crippen LogP contribution is -2.05. The Morgan fingerprint density at radius 2 is 1.43 bits per heavy atom. The summed E-state index contributed by atoms with van der Waals surface area (Å²) >= 11 is 0. The van der Waals surface area contributed by atoms with Crippen molar-refractivity contribution < 1.29 is 15.3 Å². The van der Waals surface area contributed by atoms with E-state index in [1.165, 1.54) is 18.9 Å². The van der Waals surface area contributed by atoms with Crippen molar-refractivity contribution in [1.29, 1.82) is 0 Å². The second kappa shape index (κ2) is 9.67. The van der Waals surface area contributed by atoms with Gasteiger partial charge < -0.3 is 15.3 Å². The molecule has 0 heterocycles. The molecule has 0 amide bonds. The molecule has 0 aliphatic rings. The van der Waals surface area contributed by atoms with E-state index >= 15 is 0 Å². The fourth-order valence-electron chi connectivity index (χ4n) is 2.73. The summed E-state index contributed by atoms with van der Waals surface area (Å²) in [5, 5.41) is 28.6. The molecule has 21 heavy (non-hydrogen) atoms. The van der Waals surface area contributed by atoms with Crippen molar-refractivity contribution in [1.82, 2.24) is 0 Å². The molecular formula is C18H30O3. The molecule has 2 atom stereocenters. The topological polar surface area (TPSA) is 60.7 Å². The van der Waals surface area contributed by atoms with E-state index in [0.29, 0.717) is 5.92 Å². The van der Waals surface area contributed by atoms with Gasteiger partial charge in [0, 0.05) is 6.07 Å². The molecule has 0 aliphatic heterocycles. The van der Waals surface area contributed by atoms with Crippen LogP contribution in [0.1, 0.15) is 76.7 Å². The van der Waals surface area contributed by atoms with Gasteiger partial charge in [0.25, 0.3) is 0 Å². The van der Waals surface area contributed by atoms with Crippen LogP contribution in [0, 0.1) is 0 Å². The quantitative estimate of drug-likeness (QED) is 0.548. The number of hydrogen-bond donors (Lipinski definition) is 3. The van der Waals surface area contributed by atoms with E-state index < -0.39 is 0 Å². The highest BCUT2D eigenvalue weighted by atomic mass is 16.3. The Kier molecular flexibility index (Phi) is 8.21. The molecule has 0 aliphatic carbocycles. The Morgan fingerprint density at radius 1 is 0.857 bits per heavy atom. The van der Waals surface area contributed by atoms with Crippen LogP contribution in [-0.2, 0) is 0 Å². The van der Waals surface area contributed by atoms with Crippen molar-refractivity contribution in [2.75, 3.05) is 0 Å². The average Bonchev–Trinajstić information content (AvgIpc) is 2.41. The molecule has 0 fully saturated rings. The Bertz CT molecular complexity index is 383. The second-order valence-electron chi connectivity index (χ2n) is 6.12. The van der Waals surface area contributed by atoms with Crippen molar-refractivity contribution in [2.24, 2.45) is 0 Å². The normalized spacial score (nSPS) is 14.0. The fourth-order valence-corrected chi connectivity index (χ4v) is 2.73. The molecule has 0 radical (unpaired) electrons. The minimum Gasteiger partial charge on any atom is -0.508 e. The SMILES string of the molecule is CCCC(O)CCCCCCC(C)c1cc(O)cc(O)c1. The molecule has 0 spiro atoms. The molecule has 3 nitrogen and oxygen atoms in total. The van der Waals surface area contributed by atoms with Crippen LogP contribution in [0.2, 0.25) is 0 Å². The van der Waals surface area contributed by atoms with E-state index in [2.05, 4.69) is 13.8 Å². The Balaban J connectivity index is 2.17. The van der Waals surface area contributed by atoms with Crippen LogP contribution < -0.4 is 0 Å². The number of hydrogen-bond acceptors (Lipinski definition) is 3. The summed E-state index contributed by atoms with van der Waals surface area (Å²) in [5.41, 5.74) is 0.992. The number of aliphatic hydroxyl groups excluding tert-OH is 1. The summed E-state index contributed by atoms with van der Waals surface area (Å²) in [7, 11) is 0. The minimum atomic E-state index is -0.121. The van der Waals surface area contributed by atoms with Gasteiger partial charge in [0.15, 0.2) is 0 Å². The van der Waals surface area contributed by atoms with Crippen LogP contribution in [0.15, 0.2) is 18.2 Å². The maximum Gasteiger partial charge on any atom is 0.119 e. The van der Waals surface area contributed by atoms with Crippen LogP contribution in [0.3, 0.4) is 0 Å². The van der Waals surface area contributed by atoms with Gasteiger partial charge in [-0.3, -0.25) is 0 Å². The van der Waals surface area contributed by atoms with Crippen LogP contribution in [-0.4, -0.2) is 21.4 Å². The van der Waals surface area contributed by atoms with Crippen molar-refractivity contribution in [3.8, 4) is 11.5 Å². The lowest BCUT2D eigenvalue weighted by Gasteiger charge is -2.13. The van der Waals surface area contributed by atoms with Gasteiger partial charge in [0.2, 0.25) is 0 Å². The third kappa shape index (κ3) is 7.37.